The van der Waals surface area contributed by atoms with Crippen LogP contribution in [-0.4, -0.2) is 16.0 Å². The van der Waals surface area contributed by atoms with E-state index in [0.717, 1.165) is 24.5 Å². The van der Waals surface area contributed by atoms with Gasteiger partial charge in [-0.15, -0.1) is 0 Å². The summed E-state index contributed by atoms with van der Waals surface area (Å²) in [5.74, 6) is 0. The number of hydrogen-bond acceptors (Lipinski definition) is 2. The van der Waals surface area contributed by atoms with Crippen LogP contribution in [0.4, 0.5) is 0 Å². The maximum absolute atomic E-state index is 4.46. The van der Waals surface area contributed by atoms with Crippen LogP contribution in [0.1, 0.15) is 37.1 Å². The van der Waals surface area contributed by atoms with Gasteiger partial charge in [0, 0.05) is 12.2 Å². The zero-order chi connectivity index (χ0) is 11.6. The summed E-state index contributed by atoms with van der Waals surface area (Å²) >= 11 is 2.44. The zero-order valence-electron chi connectivity index (χ0n) is 10.0. The Kier molecular flexibility index (Phi) is 7.76. The van der Waals surface area contributed by atoms with Gasteiger partial charge in [-0.3, -0.25) is 4.98 Å². The van der Waals surface area contributed by atoms with Crippen LogP contribution < -0.4 is 5.32 Å². The van der Waals surface area contributed by atoms with Crippen molar-refractivity contribution in [3.8, 4) is 0 Å². The molecule has 2 nitrogen and oxygen atoms in total. The van der Waals surface area contributed by atoms with Crippen LogP contribution in [0.25, 0.3) is 0 Å². The van der Waals surface area contributed by atoms with Gasteiger partial charge in [-0.25, -0.2) is 0 Å². The molecule has 1 N–H and O–H groups in total. The molecule has 0 aliphatic heterocycles. The van der Waals surface area contributed by atoms with E-state index in [2.05, 4.69) is 45.0 Å². The minimum absolute atomic E-state index is 0.897. The molecule has 0 bridgehead atoms. The number of nitrogens with one attached hydrogen (secondary N) is 1. The molecule has 0 fully saturated rings. The molecule has 1 heterocycles. The average Bonchev–Trinajstić information content (AvgIpc) is 2.28. The zero-order valence-corrected chi connectivity index (χ0v) is 12.2. The molecule has 0 amide bonds. The van der Waals surface area contributed by atoms with Crippen LogP contribution in [0.2, 0.25) is 0 Å². The summed E-state index contributed by atoms with van der Waals surface area (Å²) in [6.45, 7) is 4.04. The molecule has 0 aromatic carbocycles. The van der Waals surface area contributed by atoms with Crippen molar-refractivity contribution < 1.29 is 0 Å². The van der Waals surface area contributed by atoms with Crippen molar-refractivity contribution >= 4 is 22.6 Å². The first-order chi connectivity index (χ1) is 7.83. The number of aryl methyl sites for hydroxylation is 1. The number of halogens is 1. The van der Waals surface area contributed by atoms with Gasteiger partial charge in [0.05, 0.1) is 5.69 Å². The van der Waals surface area contributed by atoms with Crippen molar-refractivity contribution in [3.05, 3.63) is 29.6 Å². The molecule has 90 valence electrons. The number of hydrogen-bond donors (Lipinski definition) is 1. The predicted molar refractivity (Wildman–Crippen MR) is 78.0 cm³/mol. The maximum Gasteiger partial charge on any atom is 0.0544 e. The average molecular weight is 332 g/mol. The van der Waals surface area contributed by atoms with Gasteiger partial charge in [0.25, 0.3) is 0 Å². The van der Waals surface area contributed by atoms with E-state index in [-0.39, 0.29) is 0 Å². The van der Waals surface area contributed by atoms with Crippen LogP contribution in [0, 0.1) is 6.92 Å². The second-order valence-corrected chi connectivity index (χ2v) is 5.13. The van der Waals surface area contributed by atoms with Crippen LogP contribution in [0.15, 0.2) is 18.2 Å². The van der Waals surface area contributed by atoms with Crippen LogP contribution in [0.5, 0.6) is 0 Å². The van der Waals surface area contributed by atoms with E-state index in [0.29, 0.717) is 0 Å². The van der Waals surface area contributed by atoms with Crippen molar-refractivity contribution in [3.63, 3.8) is 0 Å². The molecule has 0 radical (unpaired) electrons. The van der Waals surface area contributed by atoms with Crippen molar-refractivity contribution in [1.29, 1.82) is 0 Å². The largest absolute Gasteiger partial charge is 0.311 e. The Morgan fingerprint density at radius 3 is 2.75 bits per heavy atom. The standard InChI is InChI=1S/C13H21IN2/c1-12-7-6-8-13(16-12)11-15-10-5-3-2-4-9-14/h6-8,15H,2-5,9-11H2,1H3. The number of pyridine rings is 1. The van der Waals surface area contributed by atoms with Gasteiger partial charge in [0.1, 0.15) is 0 Å². The molecule has 0 spiro atoms. The Hall–Kier alpha value is -0.160. The van der Waals surface area contributed by atoms with E-state index in [4.69, 9.17) is 0 Å². The van der Waals surface area contributed by atoms with Crippen LogP contribution in [0.3, 0.4) is 0 Å². The Balaban J connectivity index is 2.03. The Labute approximate surface area is 112 Å². The van der Waals surface area contributed by atoms with Crippen LogP contribution in [-0.2, 0) is 6.54 Å². The SMILES string of the molecule is Cc1cccc(CNCCCCCCI)n1. The number of unbranched alkanes of at least 4 members (excludes halogenated alkanes) is 3. The third-order valence-electron chi connectivity index (χ3n) is 2.49. The second kappa shape index (κ2) is 8.93. The fourth-order valence-corrected chi connectivity index (χ4v) is 2.15. The number of aromatic nitrogens is 1. The molecular weight excluding hydrogens is 311 g/mol. The predicted octanol–water partition coefficient (Wildman–Crippen LogP) is 3.48. The first-order valence-electron chi connectivity index (χ1n) is 6.02. The maximum atomic E-state index is 4.46. The Bertz CT molecular complexity index is 289. The van der Waals surface area contributed by atoms with Crippen molar-refractivity contribution in [2.75, 3.05) is 11.0 Å². The molecule has 3 heteroatoms. The van der Waals surface area contributed by atoms with Gasteiger partial charge < -0.3 is 5.32 Å². The summed E-state index contributed by atoms with van der Waals surface area (Å²) in [6.07, 6.45) is 5.35. The molecule has 0 aliphatic rings. The molecule has 0 unspecified atom stereocenters. The molecule has 0 aliphatic carbocycles. The lowest BCUT2D eigenvalue weighted by Gasteiger charge is -2.04. The van der Waals surface area contributed by atoms with Gasteiger partial charge in [0.2, 0.25) is 0 Å². The summed E-state index contributed by atoms with van der Waals surface area (Å²) in [7, 11) is 0. The lowest BCUT2D eigenvalue weighted by molar-refractivity contribution is 0.595. The monoisotopic (exact) mass is 332 g/mol. The van der Waals surface area contributed by atoms with Crippen molar-refractivity contribution in [2.45, 2.75) is 39.2 Å². The second-order valence-electron chi connectivity index (χ2n) is 4.05. The number of nitrogens with zero attached hydrogens (tertiary/aromatic N) is 1. The highest BCUT2D eigenvalue weighted by Crippen LogP contribution is 2.02. The fraction of sp³-hybridized carbons (Fsp3) is 0.615. The lowest BCUT2D eigenvalue weighted by Crippen LogP contribution is -2.15. The molecular formula is C13H21IN2. The minimum Gasteiger partial charge on any atom is -0.311 e. The molecule has 0 saturated heterocycles. The highest BCUT2D eigenvalue weighted by atomic mass is 127. The van der Waals surface area contributed by atoms with E-state index in [1.54, 1.807) is 0 Å². The molecule has 0 atom stereocenters. The van der Waals surface area contributed by atoms with Gasteiger partial charge in [-0.05, 0) is 42.9 Å². The first kappa shape index (κ1) is 13.9. The smallest absolute Gasteiger partial charge is 0.0544 e. The quantitative estimate of drug-likeness (QED) is 0.448. The summed E-state index contributed by atoms with van der Waals surface area (Å²) in [6, 6.07) is 6.18. The topological polar surface area (TPSA) is 24.9 Å². The molecule has 1 rings (SSSR count). The van der Waals surface area contributed by atoms with E-state index in [9.17, 15) is 0 Å². The van der Waals surface area contributed by atoms with Gasteiger partial charge in [0.15, 0.2) is 0 Å². The molecule has 1 aromatic rings. The minimum atomic E-state index is 0.897. The van der Waals surface area contributed by atoms with E-state index >= 15 is 0 Å². The lowest BCUT2D eigenvalue weighted by atomic mass is 10.2. The van der Waals surface area contributed by atoms with Crippen molar-refractivity contribution in [2.24, 2.45) is 0 Å². The third kappa shape index (κ3) is 6.43. The summed E-state index contributed by atoms with van der Waals surface area (Å²) < 4.78 is 1.29. The van der Waals surface area contributed by atoms with E-state index < -0.39 is 0 Å². The van der Waals surface area contributed by atoms with Gasteiger partial charge >= 0.3 is 0 Å². The third-order valence-corrected chi connectivity index (χ3v) is 3.25. The summed E-state index contributed by atoms with van der Waals surface area (Å²) in [4.78, 5) is 4.46. The van der Waals surface area contributed by atoms with E-state index in [1.807, 2.05) is 13.0 Å². The highest BCUT2D eigenvalue weighted by Gasteiger charge is 1.94. The van der Waals surface area contributed by atoms with Crippen molar-refractivity contribution in [1.82, 2.24) is 10.3 Å². The summed E-state index contributed by atoms with van der Waals surface area (Å²) in [5.41, 5.74) is 2.24. The number of alkyl halides is 1. The molecule has 1 aromatic heterocycles. The van der Waals surface area contributed by atoms with Gasteiger partial charge in [-0.1, -0.05) is 41.5 Å². The molecule has 16 heavy (non-hydrogen) atoms. The summed E-state index contributed by atoms with van der Waals surface area (Å²) in [5, 5.41) is 3.44. The Morgan fingerprint density at radius 2 is 2.00 bits per heavy atom. The highest BCUT2D eigenvalue weighted by molar-refractivity contribution is 14.1. The normalized spacial score (nSPS) is 10.6. The van der Waals surface area contributed by atoms with Crippen LogP contribution >= 0.6 is 22.6 Å². The van der Waals surface area contributed by atoms with Gasteiger partial charge in [-0.2, -0.15) is 0 Å². The number of rotatable bonds is 8. The molecule has 0 saturated carbocycles. The Morgan fingerprint density at radius 1 is 1.19 bits per heavy atom. The van der Waals surface area contributed by atoms with E-state index in [1.165, 1.54) is 30.1 Å². The first-order valence-corrected chi connectivity index (χ1v) is 7.54. The fourth-order valence-electron chi connectivity index (χ4n) is 1.61.